The molecule has 19 heavy (non-hydrogen) atoms. The van der Waals surface area contributed by atoms with Crippen LogP contribution in [0, 0.1) is 5.92 Å². The maximum Gasteiger partial charge on any atom is 0.245 e. The molecule has 1 saturated heterocycles. The lowest BCUT2D eigenvalue weighted by Crippen LogP contribution is -2.32. The van der Waals surface area contributed by atoms with Gasteiger partial charge in [-0.2, -0.15) is 5.10 Å². The molecule has 0 aliphatic carbocycles. The Morgan fingerprint density at radius 3 is 2.79 bits per heavy atom. The zero-order chi connectivity index (χ0) is 13.9. The van der Waals surface area contributed by atoms with Gasteiger partial charge in [0.2, 0.25) is 10.0 Å². The lowest BCUT2D eigenvalue weighted by molar-refractivity contribution is 0.0678. The van der Waals surface area contributed by atoms with Gasteiger partial charge in [0.05, 0.1) is 0 Å². The summed E-state index contributed by atoms with van der Waals surface area (Å²) in [6, 6.07) is 0. The highest BCUT2D eigenvalue weighted by Crippen LogP contribution is 2.18. The Hall–Kier alpha value is -1.12. The van der Waals surface area contributed by atoms with Crippen molar-refractivity contribution in [3.8, 4) is 0 Å². The average Bonchev–Trinajstić information content (AvgIpc) is 2.80. The fraction of sp³-hybridized carbons (Fsp3) is 0.727. The molecule has 2 heterocycles. The van der Waals surface area contributed by atoms with Crippen molar-refractivity contribution in [3.05, 3.63) is 6.20 Å². The van der Waals surface area contributed by atoms with Gasteiger partial charge in [-0.05, 0) is 25.7 Å². The van der Waals surface area contributed by atoms with Gasteiger partial charge in [0.15, 0.2) is 5.82 Å². The highest BCUT2D eigenvalue weighted by Gasteiger charge is 2.23. The normalized spacial score (nSPS) is 17.7. The summed E-state index contributed by atoms with van der Waals surface area (Å²) in [6.07, 6.45) is 3.22. The van der Waals surface area contributed by atoms with E-state index in [-0.39, 0.29) is 10.7 Å². The first-order valence-corrected chi connectivity index (χ1v) is 7.91. The van der Waals surface area contributed by atoms with Crippen molar-refractivity contribution in [3.63, 3.8) is 0 Å². The summed E-state index contributed by atoms with van der Waals surface area (Å²) in [5.74, 6) is 0.368. The minimum Gasteiger partial charge on any atom is -0.381 e. The fourth-order valence-corrected chi connectivity index (χ4v) is 3.23. The fourth-order valence-electron chi connectivity index (χ4n) is 2.04. The van der Waals surface area contributed by atoms with Gasteiger partial charge in [-0.3, -0.25) is 4.68 Å². The molecule has 2 rings (SSSR count). The lowest BCUT2D eigenvalue weighted by Gasteiger charge is -2.21. The van der Waals surface area contributed by atoms with E-state index in [1.165, 1.54) is 10.9 Å². The van der Waals surface area contributed by atoms with E-state index >= 15 is 0 Å². The van der Waals surface area contributed by atoms with Crippen LogP contribution in [-0.4, -0.2) is 38.0 Å². The predicted octanol–water partition coefficient (Wildman–Crippen LogP) is 0.190. The smallest absolute Gasteiger partial charge is 0.245 e. The molecular formula is C11H20N4O3S. The van der Waals surface area contributed by atoms with E-state index in [1.54, 1.807) is 0 Å². The maximum atomic E-state index is 12.1. The number of aromatic nitrogens is 2. The number of rotatable bonds is 5. The second-order valence-corrected chi connectivity index (χ2v) is 6.38. The summed E-state index contributed by atoms with van der Waals surface area (Å²) in [6.45, 7) is 4.27. The molecule has 0 atom stereocenters. The summed E-state index contributed by atoms with van der Waals surface area (Å²) in [5, 5.41) is 3.95. The van der Waals surface area contributed by atoms with Crippen molar-refractivity contribution >= 4 is 15.8 Å². The minimum atomic E-state index is -3.58. The number of nitrogens with two attached hydrogens (primary N) is 1. The number of hydrogen-bond donors (Lipinski definition) is 2. The topological polar surface area (TPSA) is 99.2 Å². The van der Waals surface area contributed by atoms with Gasteiger partial charge >= 0.3 is 0 Å². The molecule has 3 N–H and O–H groups in total. The molecular weight excluding hydrogens is 268 g/mol. The first-order valence-electron chi connectivity index (χ1n) is 6.43. The largest absolute Gasteiger partial charge is 0.381 e. The standard InChI is InChI=1S/C11H20N4O3S/c1-2-15-8-10(11(12)14-15)19(16,17)13-7-9-3-5-18-6-4-9/h8-9,13H,2-7H2,1H3,(H2,12,14). The second kappa shape index (κ2) is 5.89. The molecule has 0 aromatic carbocycles. The van der Waals surface area contributed by atoms with Crippen LogP contribution in [0.5, 0.6) is 0 Å². The van der Waals surface area contributed by atoms with Gasteiger partial charge in [-0.15, -0.1) is 0 Å². The molecule has 108 valence electrons. The van der Waals surface area contributed by atoms with Crippen molar-refractivity contribution < 1.29 is 13.2 Å². The Kier molecular flexibility index (Phi) is 4.43. The summed E-state index contributed by atoms with van der Waals surface area (Å²) in [7, 11) is -3.58. The van der Waals surface area contributed by atoms with Gasteiger partial charge in [0.25, 0.3) is 0 Å². The van der Waals surface area contributed by atoms with Crippen LogP contribution in [0.4, 0.5) is 5.82 Å². The predicted molar refractivity (Wildman–Crippen MR) is 71.0 cm³/mol. The monoisotopic (exact) mass is 288 g/mol. The number of ether oxygens (including phenoxy) is 1. The van der Waals surface area contributed by atoms with Gasteiger partial charge in [-0.1, -0.05) is 0 Å². The van der Waals surface area contributed by atoms with Gasteiger partial charge in [0, 0.05) is 32.5 Å². The Morgan fingerprint density at radius 1 is 1.53 bits per heavy atom. The van der Waals surface area contributed by atoms with E-state index in [0.717, 1.165) is 12.8 Å². The second-order valence-electron chi connectivity index (χ2n) is 4.64. The van der Waals surface area contributed by atoms with Crippen LogP contribution in [0.2, 0.25) is 0 Å². The Balaban J connectivity index is 2.02. The van der Waals surface area contributed by atoms with Crippen LogP contribution < -0.4 is 10.5 Å². The average molecular weight is 288 g/mol. The van der Waals surface area contributed by atoms with Crippen LogP contribution in [0.25, 0.3) is 0 Å². The van der Waals surface area contributed by atoms with E-state index in [0.29, 0.717) is 32.2 Å². The van der Waals surface area contributed by atoms with E-state index in [9.17, 15) is 8.42 Å². The van der Waals surface area contributed by atoms with Crippen LogP contribution in [-0.2, 0) is 21.3 Å². The van der Waals surface area contributed by atoms with Gasteiger partial charge < -0.3 is 10.5 Å². The van der Waals surface area contributed by atoms with Crippen LogP contribution in [0.3, 0.4) is 0 Å². The third kappa shape index (κ3) is 3.46. The molecule has 1 aromatic rings. The molecule has 1 aliphatic heterocycles. The Bertz CT molecular complexity index is 520. The van der Waals surface area contributed by atoms with Crippen molar-refractivity contribution in [1.29, 1.82) is 0 Å². The first kappa shape index (κ1) is 14.3. The van der Waals surface area contributed by atoms with Crippen LogP contribution in [0.1, 0.15) is 19.8 Å². The van der Waals surface area contributed by atoms with E-state index < -0.39 is 10.0 Å². The number of aryl methyl sites for hydroxylation is 1. The van der Waals surface area contributed by atoms with Crippen molar-refractivity contribution in [1.82, 2.24) is 14.5 Å². The van der Waals surface area contributed by atoms with E-state index in [4.69, 9.17) is 10.5 Å². The Labute approximate surface area is 113 Å². The summed E-state index contributed by atoms with van der Waals surface area (Å²) in [5.41, 5.74) is 5.64. The number of hydrogen-bond acceptors (Lipinski definition) is 5. The molecule has 0 radical (unpaired) electrons. The third-order valence-electron chi connectivity index (χ3n) is 3.27. The maximum absolute atomic E-state index is 12.1. The van der Waals surface area contributed by atoms with Crippen LogP contribution >= 0.6 is 0 Å². The SMILES string of the molecule is CCn1cc(S(=O)(=O)NCC2CCOCC2)c(N)n1. The zero-order valence-electron chi connectivity index (χ0n) is 11.0. The van der Waals surface area contributed by atoms with Crippen molar-refractivity contribution in [2.24, 2.45) is 5.92 Å². The van der Waals surface area contributed by atoms with Crippen molar-refractivity contribution in [2.45, 2.75) is 31.2 Å². The summed E-state index contributed by atoms with van der Waals surface area (Å²) < 4.78 is 33.7. The lowest BCUT2D eigenvalue weighted by atomic mass is 10.0. The highest BCUT2D eigenvalue weighted by molar-refractivity contribution is 7.89. The molecule has 0 amide bonds. The quantitative estimate of drug-likeness (QED) is 0.805. The number of nitrogen functional groups attached to an aromatic ring is 1. The number of nitrogens with zero attached hydrogens (tertiary/aromatic N) is 2. The van der Waals surface area contributed by atoms with Gasteiger partial charge in [0.1, 0.15) is 4.90 Å². The molecule has 0 spiro atoms. The first-order chi connectivity index (χ1) is 9.03. The molecule has 0 unspecified atom stereocenters. The Morgan fingerprint density at radius 2 is 2.21 bits per heavy atom. The summed E-state index contributed by atoms with van der Waals surface area (Å²) in [4.78, 5) is 0.0569. The summed E-state index contributed by atoms with van der Waals surface area (Å²) >= 11 is 0. The number of anilines is 1. The number of sulfonamides is 1. The van der Waals surface area contributed by atoms with Gasteiger partial charge in [-0.25, -0.2) is 13.1 Å². The minimum absolute atomic E-state index is 0.0429. The molecule has 1 aromatic heterocycles. The van der Waals surface area contributed by atoms with Crippen LogP contribution in [0.15, 0.2) is 11.1 Å². The molecule has 7 nitrogen and oxygen atoms in total. The molecule has 0 saturated carbocycles. The van der Waals surface area contributed by atoms with Crippen molar-refractivity contribution in [2.75, 3.05) is 25.5 Å². The zero-order valence-corrected chi connectivity index (χ0v) is 11.8. The number of nitrogens with one attached hydrogen (secondary N) is 1. The molecule has 8 heteroatoms. The highest BCUT2D eigenvalue weighted by atomic mass is 32.2. The van der Waals surface area contributed by atoms with E-state index in [1.807, 2.05) is 6.92 Å². The third-order valence-corrected chi connectivity index (χ3v) is 4.71. The molecule has 1 fully saturated rings. The molecule has 0 bridgehead atoms. The van der Waals surface area contributed by atoms with E-state index in [2.05, 4.69) is 9.82 Å². The molecule has 1 aliphatic rings.